The molecule has 0 bridgehead atoms. The van der Waals surface area contributed by atoms with Gasteiger partial charge in [0, 0.05) is 18.2 Å². The van der Waals surface area contributed by atoms with Crippen molar-refractivity contribution in [1.29, 1.82) is 0 Å². The van der Waals surface area contributed by atoms with Gasteiger partial charge >= 0.3 is 0 Å². The molecule has 192 valence electrons. The fourth-order valence-corrected chi connectivity index (χ4v) is 8.13. The monoisotopic (exact) mass is 520 g/mol. The van der Waals surface area contributed by atoms with E-state index in [0.717, 1.165) is 31.7 Å². The van der Waals surface area contributed by atoms with Gasteiger partial charge in [0.1, 0.15) is 23.6 Å². The summed E-state index contributed by atoms with van der Waals surface area (Å²) < 4.78 is 66.0. The number of hydrogen-bond acceptors (Lipinski definition) is 6. The van der Waals surface area contributed by atoms with E-state index >= 15 is 0 Å². The molecule has 36 heavy (non-hydrogen) atoms. The number of aryl methyl sites for hydroxylation is 1. The average molecular weight is 521 g/mol. The molecule has 11 heteroatoms. The highest BCUT2D eigenvalue weighted by Gasteiger charge is 2.50. The summed E-state index contributed by atoms with van der Waals surface area (Å²) in [6, 6.07) is 4.98. The Labute approximate surface area is 206 Å². The van der Waals surface area contributed by atoms with Crippen LogP contribution in [0.2, 0.25) is 0 Å². The molecule has 0 amide bonds. The molecule has 7 nitrogen and oxygen atoms in total. The molecule has 5 rings (SSSR count). The molecule has 1 saturated heterocycles. The van der Waals surface area contributed by atoms with Crippen molar-refractivity contribution in [2.75, 3.05) is 16.8 Å². The average Bonchev–Trinajstić information content (AvgIpc) is 2.81. The second kappa shape index (κ2) is 8.86. The first-order chi connectivity index (χ1) is 17.0. The molecular weight excluding hydrogens is 493 g/mol. The molecule has 1 aliphatic heterocycles. The molecule has 1 saturated carbocycles. The van der Waals surface area contributed by atoms with Crippen molar-refractivity contribution in [3.63, 3.8) is 0 Å². The van der Waals surface area contributed by atoms with Crippen molar-refractivity contribution in [2.24, 2.45) is 12.5 Å². The summed E-state index contributed by atoms with van der Waals surface area (Å²) in [5.41, 5.74) is 0.105. The maximum Gasteiger partial charge on any atom is 0.266 e. The molecule has 3 heterocycles. The maximum atomic E-state index is 14.7. The van der Waals surface area contributed by atoms with Gasteiger partial charge in [-0.1, -0.05) is 18.2 Å². The van der Waals surface area contributed by atoms with Gasteiger partial charge in [-0.15, -0.1) is 0 Å². The zero-order valence-electron chi connectivity index (χ0n) is 20.0. The normalized spacial score (nSPS) is 19.9. The van der Waals surface area contributed by atoms with Gasteiger partial charge in [0.05, 0.1) is 28.5 Å². The van der Waals surface area contributed by atoms with Crippen molar-refractivity contribution < 1.29 is 21.6 Å². The zero-order valence-corrected chi connectivity index (χ0v) is 20.8. The lowest BCUT2D eigenvalue weighted by Crippen LogP contribution is -2.50. The summed E-state index contributed by atoms with van der Waals surface area (Å²) in [5, 5.41) is 3.68. The van der Waals surface area contributed by atoms with E-state index in [9.17, 15) is 26.4 Å². The van der Waals surface area contributed by atoms with Crippen LogP contribution in [0.15, 0.2) is 35.4 Å². The summed E-state index contributed by atoms with van der Waals surface area (Å²) in [5.74, 6) is -0.165. The summed E-state index contributed by atoms with van der Waals surface area (Å²) in [6.07, 6.45) is 1.31. The van der Waals surface area contributed by atoms with Crippen LogP contribution in [0.3, 0.4) is 0 Å². The van der Waals surface area contributed by atoms with Gasteiger partial charge in [-0.25, -0.2) is 31.6 Å². The summed E-state index contributed by atoms with van der Waals surface area (Å²) in [6.45, 7) is 1.65. The minimum atomic E-state index is -2.93. The Bertz CT molecular complexity index is 1480. The van der Waals surface area contributed by atoms with Crippen molar-refractivity contribution in [3.05, 3.63) is 63.5 Å². The van der Waals surface area contributed by atoms with E-state index in [1.165, 1.54) is 23.0 Å². The topological polar surface area (TPSA) is 94.0 Å². The van der Waals surface area contributed by atoms with Crippen LogP contribution in [-0.4, -0.2) is 34.5 Å². The predicted molar refractivity (Wildman–Crippen MR) is 130 cm³/mol. The third-order valence-corrected chi connectivity index (χ3v) is 9.79. The Morgan fingerprint density at radius 1 is 1.14 bits per heavy atom. The number of benzene rings is 1. The Morgan fingerprint density at radius 2 is 1.81 bits per heavy atom. The number of hydrogen-bond donors (Lipinski definition) is 1. The molecule has 3 aromatic rings. The van der Waals surface area contributed by atoms with E-state index in [-0.39, 0.29) is 34.0 Å². The molecule has 1 atom stereocenters. The first-order valence-electron chi connectivity index (χ1n) is 11.9. The van der Waals surface area contributed by atoms with Crippen LogP contribution in [-0.2, 0) is 16.9 Å². The molecule has 2 fully saturated rings. The number of halogens is 3. The Balaban J connectivity index is 1.46. The Morgan fingerprint density at radius 3 is 2.44 bits per heavy atom. The molecule has 1 aliphatic carbocycles. The number of sulfone groups is 1. The van der Waals surface area contributed by atoms with Gasteiger partial charge in [-0.3, -0.25) is 9.36 Å². The van der Waals surface area contributed by atoms with Crippen molar-refractivity contribution in [3.8, 4) is 0 Å². The molecule has 2 aromatic heterocycles. The summed E-state index contributed by atoms with van der Waals surface area (Å²) >= 11 is 0. The largest absolute Gasteiger partial charge is 0.363 e. The Hall–Kier alpha value is -2.95. The SMILES string of the molecule is C[C@@H](Nc1ncnc2c1cc(C1CCC3(CC1)CS(=O)(=O)C3)c(=O)n2C)c1cccc(C(F)F)c1F. The molecule has 0 unspecified atom stereocenters. The van der Waals surface area contributed by atoms with E-state index in [2.05, 4.69) is 15.3 Å². The zero-order chi connectivity index (χ0) is 25.8. The quantitative estimate of drug-likeness (QED) is 0.526. The number of anilines is 1. The van der Waals surface area contributed by atoms with E-state index < -0.39 is 33.7 Å². The van der Waals surface area contributed by atoms with Crippen molar-refractivity contribution in [1.82, 2.24) is 14.5 Å². The number of fused-ring (bicyclic) bond motifs is 1. The third-order valence-electron chi connectivity index (χ3n) is 7.68. The van der Waals surface area contributed by atoms with Crippen LogP contribution in [0.4, 0.5) is 19.0 Å². The summed E-state index contributed by atoms with van der Waals surface area (Å²) in [7, 11) is -1.30. The standard InChI is InChI=1S/C25H27F3N4O3S/c1-14(16-4-3-5-17(20(16)26)21(27)28)31-22-19-10-18(24(33)32(2)23(19)30-13-29-22)15-6-8-25(9-7-15)11-36(34,35)12-25/h3-5,10,13-15,21H,6-9,11-12H2,1-2H3,(H,29,30,31)/t14-/m1/s1. The minimum absolute atomic E-state index is 0.0207. The highest BCUT2D eigenvalue weighted by Crippen LogP contribution is 2.49. The van der Waals surface area contributed by atoms with Gasteiger partial charge in [-0.05, 0) is 50.0 Å². The van der Waals surface area contributed by atoms with Crippen molar-refractivity contribution >= 4 is 26.7 Å². The van der Waals surface area contributed by atoms with Crippen LogP contribution in [0.5, 0.6) is 0 Å². The summed E-state index contributed by atoms with van der Waals surface area (Å²) in [4.78, 5) is 21.8. The van der Waals surface area contributed by atoms with Crippen LogP contribution in [0.25, 0.3) is 11.0 Å². The molecule has 1 N–H and O–H groups in total. The fraction of sp³-hybridized carbons (Fsp3) is 0.480. The van der Waals surface area contributed by atoms with E-state index in [1.54, 1.807) is 20.0 Å². The number of nitrogens with one attached hydrogen (secondary N) is 1. The second-order valence-electron chi connectivity index (χ2n) is 10.1. The predicted octanol–water partition coefficient (Wildman–Crippen LogP) is 4.65. The van der Waals surface area contributed by atoms with Crippen LogP contribution >= 0.6 is 0 Å². The van der Waals surface area contributed by atoms with Gasteiger partial charge < -0.3 is 5.32 Å². The number of pyridine rings is 1. The molecule has 1 aromatic carbocycles. The van der Waals surface area contributed by atoms with Crippen LogP contribution in [0, 0.1) is 11.2 Å². The number of alkyl halides is 2. The fourth-order valence-electron chi connectivity index (χ4n) is 5.78. The van der Waals surface area contributed by atoms with Crippen molar-refractivity contribution in [2.45, 2.75) is 51.0 Å². The van der Waals surface area contributed by atoms with Crippen LogP contribution in [0.1, 0.15) is 67.7 Å². The minimum Gasteiger partial charge on any atom is -0.363 e. The second-order valence-corrected chi connectivity index (χ2v) is 12.2. The lowest BCUT2D eigenvalue weighted by atomic mass is 9.70. The molecule has 2 aliphatic rings. The van der Waals surface area contributed by atoms with Gasteiger partial charge in [-0.2, -0.15) is 0 Å². The van der Waals surface area contributed by atoms with Gasteiger partial charge in [0.15, 0.2) is 9.84 Å². The van der Waals surface area contributed by atoms with Gasteiger partial charge in [0.2, 0.25) is 0 Å². The molecular formula is C25H27F3N4O3S. The van der Waals surface area contributed by atoms with Crippen LogP contribution < -0.4 is 10.9 Å². The van der Waals surface area contributed by atoms with E-state index in [4.69, 9.17) is 0 Å². The lowest BCUT2D eigenvalue weighted by molar-refractivity contribution is 0.146. The highest BCUT2D eigenvalue weighted by molar-refractivity contribution is 7.92. The number of aromatic nitrogens is 3. The van der Waals surface area contributed by atoms with E-state index in [1.807, 2.05) is 0 Å². The Kier molecular flexibility index (Phi) is 6.09. The molecule has 0 radical (unpaired) electrons. The smallest absolute Gasteiger partial charge is 0.266 e. The number of nitrogens with zero attached hydrogens (tertiary/aromatic N) is 3. The first-order valence-corrected chi connectivity index (χ1v) is 13.7. The molecule has 1 spiro atoms. The highest BCUT2D eigenvalue weighted by atomic mass is 32.2. The maximum absolute atomic E-state index is 14.7. The van der Waals surface area contributed by atoms with E-state index in [0.29, 0.717) is 22.4 Å². The first kappa shape index (κ1) is 24.7. The van der Waals surface area contributed by atoms with Gasteiger partial charge in [0.25, 0.3) is 12.0 Å². The third kappa shape index (κ3) is 4.27. The number of rotatable bonds is 5. The lowest BCUT2D eigenvalue weighted by Gasteiger charge is -2.46.